The highest BCUT2D eigenvalue weighted by atomic mass is 79.9. The summed E-state index contributed by atoms with van der Waals surface area (Å²) in [5, 5.41) is 2.29. The minimum absolute atomic E-state index is 0.276. The molecule has 0 spiro atoms. The smallest absolute Gasteiger partial charge is 0.340 e. The van der Waals surface area contributed by atoms with Crippen molar-refractivity contribution in [1.29, 1.82) is 0 Å². The van der Waals surface area contributed by atoms with Gasteiger partial charge < -0.3 is 10.1 Å². The zero-order valence-corrected chi connectivity index (χ0v) is 12.9. The van der Waals surface area contributed by atoms with Crippen LogP contribution >= 0.6 is 15.9 Å². The van der Waals surface area contributed by atoms with Gasteiger partial charge in [-0.3, -0.25) is 4.79 Å². The van der Waals surface area contributed by atoms with Gasteiger partial charge in [0, 0.05) is 16.1 Å². The van der Waals surface area contributed by atoms with Crippen LogP contribution in [0.1, 0.15) is 20.7 Å². The average molecular weight is 370 g/mol. The van der Waals surface area contributed by atoms with Crippen LogP contribution in [-0.2, 0) is 4.74 Å². The minimum atomic E-state index is -1.06. The summed E-state index contributed by atoms with van der Waals surface area (Å²) in [4.78, 5) is 23.4. The van der Waals surface area contributed by atoms with E-state index in [1.54, 1.807) is 12.1 Å². The molecule has 0 unspecified atom stereocenters. The minimum Gasteiger partial charge on any atom is -0.465 e. The quantitative estimate of drug-likeness (QED) is 0.837. The number of hydrogen-bond donors (Lipinski definition) is 1. The number of rotatable bonds is 3. The molecule has 2 aromatic carbocycles. The molecule has 0 saturated heterocycles. The predicted octanol–water partition coefficient (Wildman–Crippen LogP) is 3.77. The number of nitrogens with one attached hydrogen (secondary N) is 1. The molecular formula is C15H10BrF2NO3. The zero-order chi connectivity index (χ0) is 16.3. The topological polar surface area (TPSA) is 55.4 Å². The zero-order valence-electron chi connectivity index (χ0n) is 11.3. The van der Waals surface area contributed by atoms with E-state index >= 15 is 0 Å². The number of amides is 1. The molecule has 0 fully saturated rings. The molecule has 1 N–H and O–H groups in total. The highest BCUT2D eigenvalue weighted by Gasteiger charge is 2.18. The summed E-state index contributed by atoms with van der Waals surface area (Å²) in [7, 11) is 1.07. The monoisotopic (exact) mass is 369 g/mol. The van der Waals surface area contributed by atoms with Crippen molar-refractivity contribution in [2.75, 3.05) is 12.4 Å². The Morgan fingerprint density at radius 1 is 1.14 bits per heavy atom. The van der Waals surface area contributed by atoms with Gasteiger partial charge >= 0.3 is 5.97 Å². The highest BCUT2D eigenvalue weighted by molar-refractivity contribution is 9.10. The van der Waals surface area contributed by atoms with Crippen LogP contribution in [0.15, 0.2) is 40.9 Å². The van der Waals surface area contributed by atoms with Crippen molar-refractivity contribution in [1.82, 2.24) is 0 Å². The Morgan fingerprint density at radius 3 is 2.50 bits per heavy atom. The molecule has 0 bridgehead atoms. The molecule has 0 aliphatic heterocycles. The molecule has 7 heteroatoms. The number of carbonyl (C=O) groups is 2. The molecule has 2 rings (SSSR count). The summed E-state index contributed by atoms with van der Waals surface area (Å²) in [6.45, 7) is 0. The molecule has 0 heterocycles. The second kappa shape index (κ2) is 6.65. The van der Waals surface area contributed by atoms with Crippen molar-refractivity contribution < 1.29 is 23.1 Å². The van der Waals surface area contributed by atoms with E-state index in [-0.39, 0.29) is 11.3 Å². The van der Waals surface area contributed by atoms with E-state index in [2.05, 4.69) is 26.0 Å². The number of ether oxygens (including phenoxy) is 1. The van der Waals surface area contributed by atoms with Gasteiger partial charge in [0.2, 0.25) is 0 Å². The lowest BCUT2D eigenvalue weighted by molar-refractivity contribution is 0.0595. The van der Waals surface area contributed by atoms with E-state index in [0.717, 1.165) is 13.2 Å². The van der Waals surface area contributed by atoms with Gasteiger partial charge in [-0.15, -0.1) is 0 Å². The Morgan fingerprint density at radius 2 is 1.86 bits per heavy atom. The summed E-state index contributed by atoms with van der Waals surface area (Å²) in [6, 6.07) is 7.85. The number of hydrogen-bond acceptors (Lipinski definition) is 3. The van der Waals surface area contributed by atoms with Gasteiger partial charge in [-0.25, -0.2) is 13.6 Å². The molecule has 1 amide bonds. The first-order valence-electron chi connectivity index (χ1n) is 6.06. The Bertz CT molecular complexity index is 750. The molecule has 0 atom stereocenters. The fraction of sp³-hybridized carbons (Fsp3) is 0.0667. The summed E-state index contributed by atoms with van der Waals surface area (Å²) < 4.78 is 32.3. The van der Waals surface area contributed by atoms with Crippen LogP contribution < -0.4 is 5.32 Å². The molecule has 0 radical (unpaired) electrons. The maximum Gasteiger partial charge on any atom is 0.340 e. The number of halogens is 3. The molecule has 114 valence electrons. The number of methoxy groups -OCH3 is 1. The molecule has 22 heavy (non-hydrogen) atoms. The van der Waals surface area contributed by atoms with Crippen LogP contribution in [0.25, 0.3) is 0 Å². The summed E-state index contributed by atoms with van der Waals surface area (Å²) in [5.41, 5.74) is -0.502. The number of esters is 1. The first-order valence-corrected chi connectivity index (χ1v) is 6.86. The second-order valence-electron chi connectivity index (χ2n) is 4.27. The molecule has 0 aromatic heterocycles. The third kappa shape index (κ3) is 3.48. The Labute approximate surface area is 133 Å². The molecule has 0 aliphatic rings. The van der Waals surface area contributed by atoms with Crippen LogP contribution in [0, 0.1) is 11.6 Å². The van der Waals surface area contributed by atoms with Crippen LogP contribution in [0.5, 0.6) is 0 Å². The van der Waals surface area contributed by atoms with E-state index < -0.39 is 29.1 Å². The Kier molecular flexibility index (Phi) is 4.87. The van der Waals surface area contributed by atoms with E-state index in [0.29, 0.717) is 10.5 Å². The fourth-order valence-corrected chi connectivity index (χ4v) is 2.13. The Balaban J connectivity index is 2.33. The molecule has 4 nitrogen and oxygen atoms in total. The summed E-state index contributed by atoms with van der Waals surface area (Å²) >= 11 is 3.22. The Hall–Kier alpha value is -2.28. The lowest BCUT2D eigenvalue weighted by Gasteiger charge is -2.09. The van der Waals surface area contributed by atoms with Gasteiger partial charge in [-0.05, 0) is 24.3 Å². The van der Waals surface area contributed by atoms with E-state index in [9.17, 15) is 18.4 Å². The normalized spacial score (nSPS) is 10.2. The standard InChI is InChI=1S/C15H10BrF2NO3/c1-22-15(21)10-6-13(12(18)7-11(10)17)19-14(20)8-3-2-4-9(16)5-8/h2-7H,1H3,(H,19,20). The van der Waals surface area contributed by atoms with Gasteiger partial charge in [0.15, 0.2) is 0 Å². The fourth-order valence-electron chi connectivity index (χ4n) is 1.74. The highest BCUT2D eigenvalue weighted by Crippen LogP contribution is 2.21. The van der Waals surface area contributed by atoms with E-state index in [1.807, 2.05) is 0 Å². The van der Waals surface area contributed by atoms with Crippen molar-refractivity contribution in [3.05, 3.63) is 63.6 Å². The third-order valence-electron chi connectivity index (χ3n) is 2.80. The van der Waals surface area contributed by atoms with Crippen molar-refractivity contribution in [2.45, 2.75) is 0 Å². The number of anilines is 1. The molecule has 0 aliphatic carbocycles. The first-order chi connectivity index (χ1) is 10.4. The third-order valence-corrected chi connectivity index (χ3v) is 3.29. The van der Waals surface area contributed by atoms with Crippen LogP contribution in [0.2, 0.25) is 0 Å². The van der Waals surface area contributed by atoms with Crippen LogP contribution in [0.4, 0.5) is 14.5 Å². The van der Waals surface area contributed by atoms with Gasteiger partial charge in [0.25, 0.3) is 5.91 Å². The van der Waals surface area contributed by atoms with Gasteiger partial charge in [-0.2, -0.15) is 0 Å². The lowest BCUT2D eigenvalue weighted by atomic mass is 10.1. The maximum absolute atomic E-state index is 13.7. The van der Waals surface area contributed by atoms with Crippen molar-refractivity contribution in [3.63, 3.8) is 0 Å². The number of carbonyl (C=O) groups excluding carboxylic acids is 2. The first kappa shape index (κ1) is 16.1. The van der Waals surface area contributed by atoms with E-state index in [1.165, 1.54) is 12.1 Å². The second-order valence-corrected chi connectivity index (χ2v) is 5.18. The maximum atomic E-state index is 13.7. The van der Waals surface area contributed by atoms with Crippen LogP contribution in [0.3, 0.4) is 0 Å². The average Bonchev–Trinajstić information content (AvgIpc) is 2.49. The lowest BCUT2D eigenvalue weighted by Crippen LogP contribution is -2.14. The largest absolute Gasteiger partial charge is 0.465 e. The van der Waals surface area contributed by atoms with Crippen molar-refractivity contribution in [3.8, 4) is 0 Å². The van der Waals surface area contributed by atoms with Crippen molar-refractivity contribution >= 4 is 33.5 Å². The van der Waals surface area contributed by atoms with Crippen LogP contribution in [-0.4, -0.2) is 19.0 Å². The number of benzene rings is 2. The predicted molar refractivity (Wildman–Crippen MR) is 79.8 cm³/mol. The van der Waals surface area contributed by atoms with Crippen molar-refractivity contribution in [2.24, 2.45) is 0 Å². The molecule has 2 aromatic rings. The summed E-state index contributed by atoms with van der Waals surface area (Å²) in [6.07, 6.45) is 0. The van der Waals surface area contributed by atoms with Gasteiger partial charge in [0.1, 0.15) is 11.6 Å². The van der Waals surface area contributed by atoms with E-state index in [4.69, 9.17) is 0 Å². The summed E-state index contributed by atoms with van der Waals surface area (Å²) in [5.74, 6) is -3.61. The molecule has 0 saturated carbocycles. The molecular weight excluding hydrogens is 360 g/mol. The van der Waals surface area contributed by atoms with Gasteiger partial charge in [-0.1, -0.05) is 22.0 Å². The SMILES string of the molecule is COC(=O)c1cc(NC(=O)c2cccc(Br)c2)c(F)cc1F. The van der Waals surface area contributed by atoms with Gasteiger partial charge in [0.05, 0.1) is 18.4 Å².